The van der Waals surface area contributed by atoms with E-state index in [9.17, 15) is 13.0 Å². The Morgan fingerprint density at radius 1 is 1.44 bits per heavy atom. The molecule has 0 aromatic heterocycles. The molecule has 0 radical (unpaired) electrons. The predicted octanol–water partition coefficient (Wildman–Crippen LogP) is -1.11. The van der Waals surface area contributed by atoms with Crippen LogP contribution in [0.15, 0.2) is 0 Å². The predicted molar refractivity (Wildman–Crippen MR) is 22.0 cm³/mol. The molecule has 0 unspecified atom stereocenters. The molecular weight excluding hydrogens is 255 g/mol. The van der Waals surface area contributed by atoms with Crippen LogP contribution in [-0.4, -0.2) is 18.2 Å². The molecular formula is H2MoO6PS. The molecule has 0 amide bonds. The fourth-order valence-corrected chi connectivity index (χ4v) is 2.82. The first-order chi connectivity index (χ1) is 3.71. The minimum atomic E-state index is -4.87. The van der Waals surface area contributed by atoms with E-state index in [1.54, 1.807) is 0 Å². The third kappa shape index (κ3) is 8.75. The van der Waals surface area contributed by atoms with Gasteiger partial charge in [0, 0.05) is 0 Å². The Hall–Kier alpha value is 0.748. The summed E-state index contributed by atoms with van der Waals surface area (Å²) in [6.07, 6.45) is 0. The zero-order valence-electron chi connectivity index (χ0n) is 3.79. The number of hydrogen-bond acceptors (Lipinski definition) is 4. The summed E-state index contributed by atoms with van der Waals surface area (Å²) in [4.78, 5) is 15.7. The van der Waals surface area contributed by atoms with Gasteiger partial charge in [0.2, 0.25) is 0 Å². The van der Waals surface area contributed by atoms with Crippen molar-refractivity contribution in [2.45, 2.75) is 0 Å². The van der Waals surface area contributed by atoms with Gasteiger partial charge in [0.15, 0.2) is 0 Å². The number of hydrogen-bond donors (Lipinski definition) is 2. The van der Waals surface area contributed by atoms with Crippen molar-refractivity contribution in [1.29, 1.82) is 0 Å². The van der Waals surface area contributed by atoms with Crippen molar-refractivity contribution in [2.24, 2.45) is 0 Å². The van der Waals surface area contributed by atoms with Crippen LogP contribution in [0.2, 0.25) is 0 Å². The molecule has 0 aliphatic rings. The summed E-state index contributed by atoms with van der Waals surface area (Å²) in [6.45, 7) is 0. The second-order valence-electron chi connectivity index (χ2n) is 0.973. The van der Waals surface area contributed by atoms with Gasteiger partial charge in [0.25, 0.3) is 0 Å². The third-order valence-electron chi connectivity index (χ3n) is 0.188. The van der Waals surface area contributed by atoms with E-state index in [1.807, 2.05) is 0 Å². The molecule has 2 N–H and O–H groups in total. The Morgan fingerprint density at radius 3 is 1.78 bits per heavy atom. The molecule has 0 spiro atoms. The second kappa shape index (κ2) is 2.78. The first-order valence-electron chi connectivity index (χ1n) is 1.43. The fraction of sp³-hybridized carbons (Fsp3) is 0. The third-order valence-corrected chi connectivity index (χ3v) is 3.04. The summed E-state index contributed by atoms with van der Waals surface area (Å²) in [7, 11) is -8.91. The van der Waals surface area contributed by atoms with E-state index in [0.29, 0.717) is 18.5 Å². The minimum absolute atomic E-state index is 0.477. The summed E-state index contributed by atoms with van der Waals surface area (Å²) >= 11 is 0.477. The van der Waals surface area contributed by atoms with Crippen LogP contribution in [0.1, 0.15) is 0 Å². The van der Waals surface area contributed by atoms with Crippen molar-refractivity contribution >= 4 is 15.6 Å². The van der Waals surface area contributed by atoms with Crippen molar-refractivity contribution in [3.63, 3.8) is 0 Å². The van der Waals surface area contributed by atoms with Gasteiger partial charge in [0.1, 0.15) is 0 Å². The van der Waals surface area contributed by atoms with Gasteiger partial charge >= 0.3 is 60.9 Å². The van der Waals surface area contributed by atoms with Crippen molar-refractivity contribution in [1.82, 2.24) is 0 Å². The van der Waals surface area contributed by atoms with Gasteiger partial charge in [-0.2, -0.15) is 0 Å². The average molecular weight is 257 g/mol. The number of phosphoric acid groups is 1. The molecule has 9 heteroatoms. The summed E-state index contributed by atoms with van der Waals surface area (Å²) in [5, 5.41) is 0. The van der Waals surface area contributed by atoms with Gasteiger partial charge in [-0.1, -0.05) is 0 Å². The standard InChI is InChI=1S/Mo.H2O6PS/c;1-7(2,3)6-8(4)5/h;(H2,1,2,3). The van der Waals surface area contributed by atoms with Crippen LogP contribution in [0.5, 0.6) is 0 Å². The van der Waals surface area contributed by atoms with Crippen molar-refractivity contribution < 1.29 is 45.3 Å². The van der Waals surface area contributed by atoms with Gasteiger partial charge in [-0.3, -0.25) is 0 Å². The van der Waals surface area contributed by atoms with Gasteiger partial charge in [-0.25, -0.2) is 0 Å². The molecule has 6 nitrogen and oxygen atoms in total. The first-order valence-corrected chi connectivity index (χ1v) is 6.75. The van der Waals surface area contributed by atoms with Gasteiger partial charge < -0.3 is 0 Å². The van der Waals surface area contributed by atoms with E-state index in [1.165, 1.54) is 0 Å². The van der Waals surface area contributed by atoms with E-state index >= 15 is 0 Å². The van der Waals surface area contributed by atoms with Crippen LogP contribution in [-0.2, 0) is 34.9 Å². The Balaban J connectivity index is 4.26. The summed E-state index contributed by atoms with van der Waals surface area (Å²) in [5.74, 6) is 0. The normalized spacial score (nSPS) is 13.6. The molecule has 0 aromatic carbocycles. The second-order valence-corrected chi connectivity index (χ2v) is 6.38. The van der Waals surface area contributed by atoms with E-state index in [2.05, 4.69) is 3.97 Å². The molecule has 0 rings (SSSR count). The quantitative estimate of drug-likeness (QED) is 0.480. The zero-order valence-corrected chi connectivity index (χ0v) is 7.51. The molecule has 0 atom stereocenters. The SMILES string of the molecule is O=P(O)(O)O[S](=O)(=O)[Mo]. The van der Waals surface area contributed by atoms with Crippen LogP contribution in [0.3, 0.4) is 0 Å². The monoisotopic (exact) mass is 259 g/mol. The van der Waals surface area contributed by atoms with Crippen molar-refractivity contribution in [3.05, 3.63) is 0 Å². The summed E-state index contributed by atoms with van der Waals surface area (Å²) in [6, 6.07) is 0. The summed E-state index contributed by atoms with van der Waals surface area (Å²) < 4.78 is 32.9. The molecule has 9 heavy (non-hydrogen) atoms. The van der Waals surface area contributed by atoms with Crippen LogP contribution in [0.4, 0.5) is 0 Å². The molecule has 0 fully saturated rings. The molecule has 0 bridgehead atoms. The topological polar surface area (TPSA) is 101 Å². The Labute approximate surface area is 61.2 Å². The molecule has 0 saturated heterocycles. The molecule has 0 heterocycles. The van der Waals surface area contributed by atoms with Gasteiger partial charge in [-0.05, 0) is 0 Å². The number of rotatable bonds is 2. The van der Waals surface area contributed by atoms with Crippen molar-refractivity contribution in [3.8, 4) is 0 Å². The molecule has 0 aromatic rings. The first kappa shape index (κ1) is 9.75. The van der Waals surface area contributed by atoms with Gasteiger partial charge in [0.05, 0.1) is 0 Å². The van der Waals surface area contributed by atoms with E-state index < -0.39 is 15.6 Å². The molecule has 0 aliphatic heterocycles. The fourth-order valence-electron chi connectivity index (χ4n) is 0.119. The van der Waals surface area contributed by atoms with E-state index in [0.717, 1.165) is 0 Å². The Bertz CT molecular complexity index is 219. The van der Waals surface area contributed by atoms with E-state index in [4.69, 9.17) is 9.79 Å². The van der Waals surface area contributed by atoms with Crippen LogP contribution >= 0.6 is 7.82 Å². The maximum absolute atomic E-state index is 9.94. The Morgan fingerprint density at radius 2 is 1.78 bits per heavy atom. The van der Waals surface area contributed by atoms with Crippen LogP contribution in [0.25, 0.3) is 0 Å². The molecule has 55 valence electrons. The molecule has 0 saturated carbocycles. The van der Waals surface area contributed by atoms with Crippen molar-refractivity contribution in [2.75, 3.05) is 0 Å². The zero-order chi connectivity index (χ0) is 7.71. The van der Waals surface area contributed by atoms with Crippen LogP contribution in [0, 0.1) is 0 Å². The Kier molecular flexibility index (Phi) is 3.01. The van der Waals surface area contributed by atoms with E-state index in [-0.39, 0.29) is 0 Å². The molecule has 0 aliphatic carbocycles. The average Bonchev–Trinajstić information content (AvgIpc) is 1.14. The summed E-state index contributed by atoms with van der Waals surface area (Å²) in [5.41, 5.74) is 0. The maximum atomic E-state index is 9.94. The van der Waals surface area contributed by atoms with Crippen LogP contribution < -0.4 is 0 Å². The van der Waals surface area contributed by atoms with Gasteiger partial charge in [-0.15, -0.1) is 0 Å².